The number of rotatable bonds is 6. The van der Waals surface area contributed by atoms with Crippen LogP contribution in [-0.4, -0.2) is 25.8 Å². The Morgan fingerprint density at radius 2 is 2.12 bits per heavy atom. The zero-order valence-corrected chi connectivity index (χ0v) is 14.1. The van der Waals surface area contributed by atoms with Gasteiger partial charge in [-0.1, -0.05) is 31.1 Å². The fourth-order valence-corrected chi connectivity index (χ4v) is 2.78. The smallest absolute Gasteiger partial charge is 0.226 e. The predicted molar refractivity (Wildman–Crippen MR) is 89.1 cm³/mol. The number of fused-ring (bicyclic) bond motifs is 1. The quantitative estimate of drug-likeness (QED) is 0.751. The van der Waals surface area contributed by atoms with Gasteiger partial charge in [0.2, 0.25) is 5.91 Å². The molecule has 0 aliphatic heterocycles. The Labute approximate surface area is 140 Å². The van der Waals surface area contributed by atoms with Crippen LogP contribution in [0.1, 0.15) is 37.8 Å². The first-order chi connectivity index (χ1) is 11.5. The molecule has 1 atom stereocenters. The highest BCUT2D eigenvalue weighted by Crippen LogP contribution is 2.21. The SMILES string of the molecule is CC(C)CC(NC(=O)Cc1noc2ccccc12)c1ncnn1C. The van der Waals surface area contributed by atoms with Gasteiger partial charge in [-0.05, 0) is 24.5 Å². The molecule has 0 fully saturated rings. The van der Waals surface area contributed by atoms with E-state index in [-0.39, 0.29) is 18.4 Å². The van der Waals surface area contributed by atoms with E-state index < -0.39 is 0 Å². The van der Waals surface area contributed by atoms with E-state index in [1.807, 2.05) is 31.3 Å². The first kappa shape index (κ1) is 16.2. The summed E-state index contributed by atoms with van der Waals surface area (Å²) in [5, 5.41) is 12.0. The number of amides is 1. The standard InChI is InChI=1S/C17H21N5O2/c1-11(2)8-14(17-18-10-19-22(17)3)20-16(23)9-13-12-6-4-5-7-15(12)24-21-13/h4-7,10-11,14H,8-9H2,1-3H3,(H,20,23). The van der Waals surface area contributed by atoms with Crippen molar-refractivity contribution in [1.29, 1.82) is 0 Å². The Bertz CT molecular complexity index is 836. The molecule has 0 radical (unpaired) electrons. The molecule has 0 saturated heterocycles. The van der Waals surface area contributed by atoms with Gasteiger partial charge in [0.25, 0.3) is 0 Å². The van der Waals surface area contributed by atoms with Crippen LogP contribution in [-0.2, 0) is 18.3 Å². The molecule has 0 aliphatic rings. The van der Waals surface area contributed by atoms with E-state index >= 15 is 0 Å². The molecular formula is C17H21N5O2. The molecule has 3 rings (SSSR count). The van der Waals surface area contributed by atoms with E-state index in [2.05, 4.69) is 34.4 Å². The molecule has 2 aromatic heterocycles. The topological polar surface area (TPSA) is 85.8 Å². The van der Waals surface area contributed by atoms with Crippen molar-refractivity contribution in [3.8, 4) is 0 Å². The minimum absolute atomic E-state index is 0.109. The first-order valence-corrected chi connectivity index (χ1v) is 8.01. The number of nitrogens with one attached hydrogen (secondary N) is 1. The molecule has 7 nitrogen and oxygen atoms in total. The minimum atomic E-state index is -0.178. The van der Waals surface area contributed by atoms with Gasteiger partial charge >= 0.3 is 0 Å². The lowest BCUT2D eigenvalue weighted by atomic mass is 10.0. The molecule has 126 valence electrons. The lowest BCUT2D eigenvalue weighted by Crippen LogP contribution is -2.32. The fraction of sp³-hybridized carbons (Fsp3) is 0.412. The van der Waals surface area contributed by atoms with Crippen LogP contribution in [0.25, 0.3) is 11.0 Å². The molecule has 0 aliphatic carbocycles. The maximum atomic E-state index is 12.5. The number of hydrogen-bond acceptors (Lipinski definition) is 5. The third kappa shape index (κ3) is 3.45. The highest BCUT2D eigenvalue weighted by molar-refractivity contribution is 5.86. The van der Waals surface area contributed by atoms with Gasteiger partial charge in [0, 0.05) is 12.4 Å². The first-order valence-electron chi connectivity index (χ1n) is 8.01. The average Bonchev–Trinajstić information content (AvgIpc) is 3.13. The largest absolute Gasteiger partial charge is 0.356 e. The number of hydrogen-bond donors (Lipinski definition) is 1. The van der Waals surface area contributed by atoms with E-state index in [1.54, 1.807) is 4.68 Å². The summed E-state index contributed by atoms with van der Waals surface area (Å²) in [7, 11) is 1.83. The van der Waals surface area contributed by atoms with Gasteiger partial charge in [-0.25, -0.2) is 4.98 Å². The van der Waals surface area contributed by atoms with Crippen LogP contribution in [0.2, 0.25) is 0 Å². The Hall–Kier alpha value is -2.70. The summed E-state index contributed by atoms with van der Waals surface area (Å²) in [4.78, 5) is 16.8. The predicted octanol–water partition coefficient (Wildman–Crippen LogP) is 2.40. The summed E-state index contributed by atoms with van der Waals surface area (Å²) in [6.45, 7) is 4.22. The van der Waals surface area contributed by atoms with E-state index in [9.17, 15) is 4.79 Å². The van der Waals surface area contributed by atoms with Gasteiger partial charge in [-0.3, -0.25) is 9.48 Å². The van der Waals surface area contributed by atoms with Crippen LogP contribution >= 0.6 is 0 Å². The monoisotopic (exact) mass is 327 g/mol. The number of aryl methyl sites for hydroxylation is 1. The van der Waals surface area contributed by atoms with Crippen LogP contribution in [0.15, 0.2) is 35.1 Å². The Balaban J connectivity index is 1.75. The van der Waals surface area contributed by atoms with Crippen LogP contribution in [0.4, 0.5) is 0 Å². The van der Waals surface area contributed by atoms with Crippen LogP contribution in [0.3, 0.4) is 0 Å². The summed E-state index contributed by atoms with van der Waals surface area (Å²) in [6, 6.07) is 7.35. The number of carbonyl (C=O) groups is 1. The van der Waals surface area contributed by atoms with Gasteiger partial charge in [0.1, 0.15) is 17.8 Å². The van der Waals surface area contributed by atoms with Crippen molar-refractivity contribution in [3.63, 3.8) is 0 Å². The number of carbonyl (C=O) groups excluding carboxylic acids is 1. The molecule has 2 heterocycles. The lowest BCUT2D eigenvalue weighted by Gasteiger charge is -2.19. The number of benzene rings is 1. The highest BCUT2D eigenvalue weighted by atomic mass is 16.5. The van der Waals surface area contributed by atoms with Crippen molar-refractivity contribution in [2.75, 3.05) is 0 Å². The summed E-state index contributed by atoms with van der Waals surface area (Å²) in [6.07, 6.45) is 2.46. The molecule has 3 aromatic rings. The van der Waals surface area contributed by atoms with E-state index in [0.29, 0.717) is 17.2 Å². The summed E-state index contributed by atoms with van der Waals surface area (Å²) < 4.78 is 6.95. The minimum Gasteiger partial charge on any atom is -0.356 e. The number of aromatic nitrogens is 4. The molecule has 0 saturated carbocycles. The second-order valence-corrected chi connectivity index (χ2v) is 6.29. The second-order valence-electron chi connectivity index (χ2n) is 6.29. The third-order valence-corrected chi connectivity index (χ3v) is 3.88. The second kappa shape index (κ2) is 6.82. The molecule has 1 N–H and O–H groups in total. The van der Waals surface area contributed by atoms with Gasteiger partial charge in [0.15, 0.2) is 5.58 Å². The van der Waals surface area contributed by atoms with E-state index in [4.69, 9.17) is 4.52 Å². The van der Waals surface area contributed by atoms with Crippen molar-refractivity contribution in [2.45, 2.75) is 32.7 Å². The summed E-state index contributed by atoms with van der Waals surface area (Å²) in [5.74, 6) is 1.06. The lowest BCUT2D eigenvalue weighted by molar-refractivity contribution is -0.121. The van der Waals surface area contributed by atoms with Crippen molar-refractivity contribution in [2.24, 2.45) is 13.0 Å². The average molecular weight is 327 g/mol. The Morgan fingerprint density at radius 3 is 2.83 bits per heavy atom. The molecule has 1 unspecified atom stereocenters. The number of nitrogens with zero attached hydrogens (tertiary/aromatic N) is 4. The summed E-state index contributed by atoms with van der Waals surface area (Å²) >= 11 is 0. The molecule has 7 heteroatoms. The molecule has 1 amide bonds. The molecule has 1 aromatic carbocycles. The van der Waals surface area contributed by atoms with Crippen LogP contribution < -0.4 is 5.32 Å². The van der Waals surface area contributed by atoms with Crippen molar-refractivity contribution in [1.82, 2.24) is 25.2 Å². The van der Waals surface area contributed by atoms with E-state index in [1.165, 1.54) is 6.33 Å². The zero-order valence-electron chi connectivity index (χ0n) is 14.1. The van der Waals surface area contributed by atoms with Crippen LogP contribution in [0, 0.1) is 5.92 Å². The molecule has 0 spiro atoms. The fourth-order valence-electron chi connectivity index (χ4n) is 2.78. The van der Waals surface area contributed by atoms with E-state index in [0.717, 1.165) is 17.6 Å². The maximum Gasteiger partial charge on any atom is 0.226 e. The van der Waals surface area contributed by atoms with Crippen LogP contribution in [0.5, 0.6) is 0 Å². The highest BCUT2D eigenvalue weighted by Gasteiger charge is 2.21. The van der Waals surface area contributed by atoms with Gasteiger partial charge < -0.3 is 9.84 Å². The van der Waals surface area contributed by atoms with Gasteiger partial charge in [-0.2, -0.15) is 5.10 Å². The van der Waals surface area contributed by atoms with Gasteiger partial charge in [0.05, 0.1) is 12.5 Å². The molecule has 24 heavy (non-hydrogen) atoms. The Kier molecular flexibility index (Phi) is 4.59. The molecule has 0 bridgehead atoms. The maximum absolute atomic E-state index is 12.5. The van der Waals surface area contributed by atoms with Gasteiger partial charge in [-0.15, -0.1) is 0 Å². The third-order valence-electron chi connectivity index (χ3n) is 3.88. The van der Waals surface area contributed by atoms with Crippen molar-refractivity contribution < 1.29 is 9.32 Å². The Morgan fingerprint density at radius 1 is 1.33 bits per heavy atom. The molecular weight excluding hydrogens is 306 g/mol. The zero-order chi connectivity index (χ0) is 17.1. The summed E-state index contributed by atoms with van der Waals surface area (Å²) in [5.41, 5.74) is 1.33. The number of para-hydroxylation sites is 1. The van der Waals surface area contributed by atoms with Crippen molar-refractivity contribution >= 4 is 16.9 Å². The van der Waals surface area contributed by atoms with Crippen molar-refractivity contribution in [3.05, 3.63) is 42.1 Å². The normalized spacial score (nSPS) is 12.7.